The Morgan fingerprint density at radius 3 is 2.40 bits per heavy atom. The fraction of sp³-hybridized carbons (Fsp3) is 0.214. The lowest BCUT2D eigenvalue weighted by Crippen LogP contribution is -2.43. The molecule has 0 aliphatic rings. The summed E-state index contributed by atoms with van der Waals surface area (Å²) in [6.07, 6.45) is -5.15. The van der Waals surface area contributed by atoms with Crippen LogP contribution in [0.15, 0.2) is 34.9 Å². The number of benzene rings is 1. The Labute approximate surface area is 146 Å². The lowest BCUT2D eigenvalue weighted by molar-refractivity contribution is -0.157. The van der Waals surface area contributed by atoms with E-state index in [2.05, 4.69) is 21.0 Å². The van der Waals surface area contributed by atoms with Gasteiger partial charge in [0, 0.05) is 6.20 Å². The third-order valence-corrected chi connectivity index (χ3v) is 3.60. The van der Waals surface area contributed by atoms with E-state index in [0.29, 0.717) is 5.69 Å². The molecule has 1 aromatic carbocycles. The van der Waals surface area contributed by atoms with Crippen LogP contribution >= 0.6 is 15.9 Å². The van der Waals surface area contributed by atoms with Crippen molar-refractivity contribution in [1.82, 2.24) is 15.1 Å². The van der Waals surface area contributed by atoms with Crippen LogP contribution in [0.2, 0.25) is 0 Å². The van der Waals surface area contributed by atoms with Crippen LogP contribution in [0.4, 0.5) is 17.6 Å². The number of hydrogen-bond acceptors (Lipinski definition) is 3. The van der Waals surface area contributed by atoms with Crippen molar-refractivity contribution in [2.45, 2.75) is 18.6 Å². The summed E-state index contributed by atoms with van der Waals surface area (Å²) in [5.74, 6) is -3.39. The number of alkyl halides is 3. The monoisotopic (exact) mass is 423 g/mol. The number of carboxylic acid groups (broad SMARTS) is 1. The standard InChI is InChI=1S/C14H10BrF4N3O3/c15-9-6-22(8-3-1-7(16)2-4-8)21-11(9)12(23)20-10(13(24)25)5-14(17,18)19/h1-4,6,10H,5H2,(H,20,23)(H,24,25). The van der Waals surface area contributed by atoms with Gasteiger partial charge in [0.25, 0.3) is 5.91 Å². The van der Waals surface area contributed by atoms with Crippen molar-refractivity contribution in [3.05, 3.63) is 46.4 Å². The van der Waals surface area contributed by atoms with Gasteiger partial charge in [-0.15, -0.1) is 0 Å². The summed E-state index contributed by atoms with van der Waals surface area (Å²) >= 11 is 3.03. The van der Waals surface area contributed by atoms with E-state index in [9.17, 15) is 27.2 Å². The van der Waals surface area contributed by atoms with Crippen LogP contribution in [-0.2, 0) is 4.79 Å². The highest BCUT2D eigenvalue weighted by Crippen LogP contribution is 2.23. The van der Waals surface area contributed by atoms with Crippen LogP contribution in [0.3, 0.4) is 0 Å². The van der Waals surface area contributed by atoms with E-state index in [1.54, 1.807) is 5.32 Å². The zero-order valence-corrected chi connectivity index (χ0v) is 13.8. The molecule has 0 spiro atoms. The molecule has 0 saturated carbocycles. The molecule has 2 rings (SSSR count). The highest BCUT2D eigenvalue weighted by molar-refractivity contribution is 9.10. The summed E-state index contributed by atoms with van der Waals surface area (Å²) in [6, 6.07) is 2.93. The van der Waals surface area contributed by atoms with E-state index >= 15 is 0 Å². The van der Waals surface area contributed by atoms with Crippen molar-refractivity contribution in [2.75, 3.05) is 0 Å². The second kappa shape index (κ2) is 7.21. The first-order valence-corrected chi connectivity index (χ1v) is 7.47. The summed E-state index contributed by atoms with van der Waals surface area (Å²) in [5.41, 5.74) is 0.0870. The number of carbonyl (C=O) groups excluding carboxylic acids is 1. The van der Waals surface area contributed by atoms with Gasteiger partial charge in [0.15, 0.2) is 5.69 Å². The average Bonchev–Trinajstić information content (AvgIpc) is 2.88. The topological polar surface area (TPSA) is 84.2 Å². The summed E-state index contributed by atoms with van der Waals surface area (Å²) < 4.78 is 51.4. The number of carboxylic acids is 1. The molecule has 134 valence electrons. The molecule has 11 heteroatoms. The fourth-order valence-electron chi connectivity index (χ4n) is 1.89. The maximum atomic E-state index is 12.9. The number of amides is 1. The number of hydrogen-bond donors (Lipinski definition) is 2. The number of rotatable bonds is 5. The first kappa shape index (κ1) is 18.9. The number of halogens is 5. The molecule has 0 saturated heterocycles. The molecule has 6 nitrogen and oxygen atoms in total. The predicted molar refractivity (Wildman–Crippen MR) is 80.8 cm³/mol. The van der Waals surface area contributed by atoms with Crippen LogP contribution in [0.1, 0.15) is 16.9 Å². The number of aromatic nitrogens is 2. The second-order valence-corrected chi connectivity index (χ2v) is 5.78. The van der Waals surface area contributed by atoms with Crippen LogP contribution in [0.5, 0.6) is 0 Å². The van der Waals surface area contributed by atoms with E-state index in [-0.39, 0.29) is 10.2 Å². The van der Waals surface area contributed by atoms with Gasteiger partial charge in [-0.1, -0.05) is 0 Å². The van der Waals surface area contributed by atoms with E-state index in [4.69, 9.17) is 5.11 Å². The van der Waals surface area contributed by atoms with E-state index in [1.807, 2.05) is 0 Å². The summed E-state index contributed by atoms with van der Waals surface area (Å²) in [4.78, 5) is 23.0. The molecule has 0 aliphatic heterocycles. The molecular weight excluding hydrogens is 414 g/mol. The minimum Gasteiger partial charge on any atom is -0.480 e. The predicted octanol–water partition coefficient (Wildman–Crippen LogP) is 2.91. The Bertz CT molecular complexity index is 790. The Hall–Kier alpha value is -2.43. The third-order valence-electron chi connectivity index (χ3n) is 3.01. The van der Waals surface area contributed by atoms with Gasteiger partial charge in [0.05, 0.1) is 16.6 Å². The molecular formula is C14H10BrF4N3O3. The maximum Gasteiger partial charge on any atom is 0.391 e. The van der Waals surface area contributed by atoms with Gasteiger partial charge in [-0.2, -0.15) is 18.3 Å². The second-order valence-electron chi connectivity index (χ2n) is 4.93. The molecule has 1 heterocycles. The first-order chi connectivity index (χ1) is 11.6. The fourth-order valence-corrected chi connectivity index (χ4v) is 2.34. The Morgan fingerprint density at radius 2 is 1.88 bits per heavy atom. The minimum absolute atomic E-state index is 0.130. The van der Waals surface area contributed by atoms with E-state index < -0.39 is 36.3 Å². The van der Waals surface area contributed by atoms with Crippen LogP contribution in [-0.4, -0.2) is 39.0 Å². The van der Waals surface area contributed by atoms with Crippen molar-refractivity contribution < 1.29 is 32.3 Å². The smallest absolute Gasteiger partial charge is 0.391 e. The number of nitrogens with zero attached hydrogens (tertiary/aromatic N) is 2. The van der Waals surface area contributed by atoms with Gasteiger partial charge < -0.3 is 10.4 Å². The van der Waals surface area contributed by atoms with Gasteiger partial charge in [-0.05, 0) is 40.2 Å². The summed E-state index contributed by atoms with van der Waals surface area (Å²) in [7, 11) is 0. The van der Waals surface area contributed by atoms with E-state index in [0.717, 1.165) is 12.1 Å². The first-order valence-electron chi connectivity index (χ1n) is 6.68. The van der Waals surface area contributed by atoms with Gasteiger partial charge in [0.1, 0.15) is 11.9 Å². The van der Waals surface area contributed by atoms with Gasteiger partial charge in [-0.3, -0.25) is 4.79 Å². The van der Waals surface area contributed by atoms with Crippen molar-refractivity contribution in [3.8, 4) is 5.69 Å². The summed E-state index contributed by atoms with van der Waals surface area (Å²) in [6.45, 7) is 0. The highest BCUT2D eigenvalue weighted by atomic mass is 79.9. The van der Waals surface area contributed by atoms with Gasteiger partial charge in [-0.25, -0.2) is 13.9 Å². The van der Waals surface area contributed by atoms with Crippen LogP contribution in [0, 0.1) is 5.82 Å². The zero-order chi connectivity index (χ0) is 18.8. The molecule has 0 bridgehead atoms. The molecule has 1 unspecified atom stereocenters. The Balaban J connectivity index is 2.21. The van der Waals surface area contributed by atoms with Crippen molar-refractivity contribution >= 4 is 27.8 Å². The van der Waals surface area contributed by atoms with Crippen molar-refractivity contribution in [2.24, 2.45) is 0 Å². The number of carbonyl (C=O) groups is 2. The Kier molecular flexibility index (Phi) is 5.45. The minimum atomic E-state index is -4.76. The van der Waals surface area contributed by atoms with Crippen LogP contribution in [0.25, 0.3) is 5.69 Å². The van der Waals surface area contributed by atoms with Crippen molar-refractivity contribution in [3.63, 3.8) is 0 Å². The number of nitrogens with one attached hydrogen (secondary N) is 1. The van der Waals surface area contributed by atoms with Crippen LogP contribution < -0.4 is 5.32 Å². The molecule has 2 aromatic rings. The highest BCUT2D eigenvalue weighted by Gasteiger charge is 2.37. The molecule has 0 aliphatic carbocycles. The molecule has 1 aromatic heterocycles. The van der Waals surface area contributed by atoms with E-state index in [1.165, 1.54) is 23.0 Å². The molecule has 0 fully saturated rings. The molecule has 1 amide bonds. The molecule has 25 heavy (non-hydrogen) atoms. The molecule has 1 atom stereocenters. The molecule has 0 radical (unpaired) electrons. The quantitative estimate of drug-likeness (QED) is 0.724. The van der Waals surface area contributed by atoms with Gasteiger partial charge >= 0.3 is 12.1 Å². The Morgan fingerprint density at radius 1 is 1.28 bits per heavy atom. The lowest BCUT2D eigenvalue weighted by atomic mass is 10.2. The molecule has 2 N–H and O–H groups in total. The lowest BCUT2D eigenvalue weighted by Gasteiger charge is -2.15. The van der Waals surface area contributed by atoms with Crippen molar-refractivity contribution in [1.29, 1.82) is 0 Å². The summed E-state index contributed by atoms with van der Waals surface area (Å²) in [5, 5.41) is 14.5. The maximum absolute atomic E-state index is 12.9. The number of aliphatic carboxylic acids is 1. The third kappa shape index (κ3) is 5.02. The average molecular weight is 424 g/mol. The SMILES string of the molecule is O=C(NC(CC(F)(F)F)C(=O)O)c1nn(-c2ccc(F)cc2)cc1Br. The zero-order valence-electron chi connectivity index (χ0n) is 12.2. The normalized spacial score (nSPS) is 12.7. The largest absolute Gasteiger partial charge is 0.480 e. The van der Waals surface area contributed by atoms with Gasteiger partial charge in [0.2, 0.25) is 0 Å².